The summed E-state index contributed by atoms with van der Waals surface area (Å²) in [7, 11) is 0. The fourth-order valence-corrected chi connectivity index (χ4v) is 1.97. The molecule has 0 fully saturated rings. The number of anilines is 2. The van der Waals surface area contributed by atoms with Crippen LogP contribution in [0.2, 0.25) is 0 Å². The summed E-state index contributed by atoms with van der Waals surface area (Å²) >= 11 is 0. The summed E-state index contributed by atoms with van der Waals surface area (Å²) in [6.45, 7) is 7.55. The summed E-state index contributed by atoms with van der Waals surface area (Å²) < 4.78 is 0. The zero-order valence-corrected chi connectivity index (χ0v) is 11.3. The molecule has 96 valence electrons. The Kier molecular flexibility index (Phi) is 5.81. The highest BCUT2D eigenvalue weighted by atomic mass is 15.0. The lowest BCUT2D eigenvalue weighted by molar-refractivity contribution is 0.472. The second-order valence-electron chi connectivity index (χ2n) is 4.73. The number of pyridine rings is 1. The van der Waals surface area contributed by atoms with E-state index in [9.17, 15) is 0 Å². The molecule has 0 saturated heterocycles. The average molecular weight is 235 g/mol. The summed E-state index contributed by atoms with van der Waals surface area (Å²) in [4.78, 5) is 4.33. The van der Waals surface area contributed by atoms with Crippen molar-refractivity contribution >= 4 is 11.5 Å². The van der Waals surface area contributed by atoms with Crippen molar-refractivity contribution in [3.05, 3.63) is 17.8 Å². The molecule has 0 aliphatic rings. The summed E-state index contributed by atoms with van der Waals surface area (Å²) in [5.41, 5.74) is 7.53. The minimum atomic E-state index is 0.728. The Bertz CT molecular complexity index is 336. The standard InChI is InChI=1S/C14H25N3/c1-4-6-7-12(5-2)9-16-14-11(3)8-13(15)10-17-14/h8,10,12H,4-7,9,15H2,1-3H3,(H,16,17). The number of nitrogens with two attached hydrogens (primary N) is 1. The zero-order valence-electron chi connectivity index (χ0n) is 11.3. The summed E-state index contributed by atoms with van der Waals surface area (Å²) in [6.07, 6.45) is 6.82. The van der Waals surface area contributed by atoms with Gasteiger partial charge in [-0.2, -0.15) is 0 Å². The monoisotopic (exact) mass is 235 g/mol. The first kappa shape index (κ1) is 13.8. The van der Waals surface area contributed by atoms with Gasteiger partial charge in [-0.15, -0.1) is 0 Å². The van der Waals surface area contributed by atoms with Crippen LogP contribution in [0.1, 0.15) is 45.1 Å². The van der Waals surface area contributed by atoms with E-state index in [1.54, 1.807) is 6.20 Å². The Hall–Kier alpha value is -1.25. The topological polar surface area (TPSA) is 50.9 Å². The molecule has 0 aliphatic heterocycles. The summed E-state index contributed by atoms with van der Waals surface area (Å²) in [5, 5.41) is 3.43. The van der Waals surface area contributed by atoms with Gasteiger partial charge in [0.2, 0.25) is 0 Å². The Morgan fingerprint density at radius 3 is 2.76 bits per heavy atom. The van der Waals surface area contributed by atoms with Gasteiger partial charge in [-0.05, 0) is 30.9 Å². The van der Waals surface area contributed by atoms with Crippen LogP contribution >= 0.6 is 0 Å². The highest BCUT2D eigenvalue weighted by Gasteiger charge is 2.07. The molecule has 1 rings (SSSR count). The number of hydrogen-bond donors (Lipinski definition) is 2. The molecule has 17 heavy (non-hydrogen) atoms. The molecule has 3 N–H and O–H groups in total. The van der Waals surface area contributed by atoms with Gasteiger partial charge in [-0.3, -0.25) is 0 Å². The Morgan fingerprint density at radius 1 is 1.41 bits per heavy atom. The van der Waals surface area contributed by atoms with Crippen molar-refractivity contribution in [2.75, 3.05) is 17.6 Å². The highest BCUT2D eigenvalue weighted by molar-refractivity contribution is 5.50. The Balaban J connectivity index is 2.47. The van der Waals surface area contributed by atoms with E-state index in [2.05, 4.69) is 24.1 Å². The smallest absolute Gasteiger partial charge is 0.129 e. The third-order valence-corrected chi connectivity index (χ3v) is 3.20. The van der Waals surface area contributed by atoms with E-state index in [1.165, 1.54) is 25.7 Å². The first-order valence-electron chi connectivity index (χ1n) is 6.63. The maximum absolute atomic E-state index is 5.69. The van der Waals surface area contributed by atoms with E-state index >= 15 is 0 Å². The van der Waals surface area contributed by atoms with Crippen molar-refractivity contribution in [1.82, 2.24) is 4.98 Å². The minimum absolute atomic E-state index is 0.728. The number of hydrogen-bond acceptors (Lipinski definition) is 3. The molecule has 0 bridgehead atoms. The second-order valence-corrected chi connectivity index (χ2v) is 4.73. The average Bonchev–Trinajstić information content (AvgIpc) is 2.31. The molecule has 3 nitrogen and oxygen atoms in total. The lowest BCUT2D eigenvalue weighted by atomic mass is 9.99. The maximum Gasteiger partial charge on any atom is 0.129 e. The van der Waals surface area contributed by atoms with E-state index in [0.29, 0.717) is 0 Å². The quantitative estimate of drug-likeness (QED) is 0.759. The summed E-state index contributed by atoms with van der Waals surface area (Å²) in [6, 6.07) is 1.96. The molecule has 1 unspecified atom stereocenters. The van der Waals surface area contributed by atoms with Crippen LogP contribution in [0.5, 0.6) is 0 Å². The maximum atomic E-state index is 5.69. The molecular weight excluding hydrogens is 210 g/mol. The van der Waals surface area contributed by atoms with Crippen LogP contribution in [-0.4, -0.2) is 11.5 Å². The van der Waals surface area contributed by atoms with Crippen LogP contribution < -0.4 is 11.1 Å². The first-order valence-corrected chi connectivity index (χ1v) is 6.63. The molecule has 0 amide bonds. The van der Waals surface area contributed by atoms with Gasteiger partial charge in [0.15, 0.2) is 0 Å². The number of nitrogens with one attached hydrogen (secondary N) is 1. The van der Waals surface area contributed by atoms with E-state index in [4.69, 9.17) is 5.73 Å². The number of nitrogens with zero attached hydrogens (tertiary/aromatic N) is 1. The van der Waals surface area contributed by atoms with Gasteiger partial charge in [0.25, 0.3) is 0 Å². The normalized spacial score (nSPS) is 12.4. The van der Waals surface area contributed by atoms with E-state index < -0.39 is 0 Å². The number of aromatic nitrogens is 1. The van der Waals surface area contributed by atoms with Gasteiger partial charge >= 0.3 is 0 Å². The van der Waals surface area contributed by atoms with Gasteiger partial charge in [0, 0.05) is 6.54 Å². The SMILES string of the molecule is CCCCC(CC)CNc1ncc(N)cc1C. The molecule has 1 heterocycles. The largest absolute Gasteiger partial charge is 0.397 e. The molecule has 1 aromatic rings. The molecule has 0 spiro atoms. The Labute approximate surface area is 105 Å². The Morgan fingerprint density at radius 2 is 2.18 bits per heavy atom. The molecule has 0 aromatic carbocycles. The third kappa shape index (κ3) is 4.63. The fraction of sp³-hybridized carbons (Fsp3) is 0.643. The van der Waals surface area contributed by atoms with E-state index in [-0.39, 0.29) is 0 Å². The summed E-state index contributed by atoms with van der Waals surface area (Å²) in [5.74, 6) is 1.71. The lowest BCUT2D eigenvalue weighted by Crippen LogP contribution is -2.15. The molecule has 0 aliphatic carbocycles. The van der Waals surface area contributed by atoms with Crippen molar-refractivity contribution in [3.63, 3.8) is 0 Å². The van der Waals surface area contributed by atoms with Crippen molar-refractivity contribution < 1.29 is 0 Å². The minimum Gasteiger partial charge on any atom is -0.397 e. The molecule has 0 radical (unpaired) electrons. The third-order valence-electron chi connectivity index (χ3n) is 3.20. The van der Waals surface area contributed by atoms with Crippen LogP contribution in [0.15, 0.2) is 12.3 Å². The molecule has 0 saturated carbocycles. The fourth-order valence-electron chi connectivity index (χ4n) is 1.97. The highest BCUT2D eigenvalue weighted by Crippen LogP contribution is 2.17. The number of nitrogen functional groups attached to an aromatic ring is 1. The predicted octanol–water partition coefficient (Wildman–Crippen LogP) is 3.60. The van der Waals surface area contributed by atoms with Crippen molar-refractivity contribution in [2.24, 2.45) is 5.92 Å². The van der Waals surface area contributed by atoms with Gasteiger partial charge in [0.05, 0.1) is 11.9 Å². The lowest BCUT2D eigenvalue weighted by Gasteiger charge is -2.16. The number of rotatable bonds is 7. The van der Waals surface area contributed by atoms with Crippen LogP contribution in [0, 0.1) is 12.8 Å². The second kappa shape index (κ2) is 7.15. The van der Waals surface area contributed by atoms with Gasteiger partial charge in [-0.25, -0.2) is 4.98 Å². The van der Waals surface area contributed by atoms with Crippen LogP contribution in [-0.2, 0) is 0 Å². The van der Waals surface area contributed by atoms with Crippen molar-refractivity contribution in [1.29, 1.82) is 0 Å². The van der Waals surface area contributed by atoms with Crippen molar-refractivity contribution in [2.45, 2.75) is 46.5 Å². The van der Waals surface area contributed by atoms with Crippen LogP contribution in [0.4, 0.5) is 11.5 Å². The number of unbranched alkanes of at least 4 members (excludes halogenated alkanes) is 1. The van der Waals surface area contributed by atoms with Gasteiger partial charge in [-0.1, -0.05) is 33.1 Å². The van der Waals surface area contributed by atoms with E-state index in [0.717, 1.165) is 29.5 Å². The molecule has 3 heteroatoms. The predicted molar refractivity (Wildman–Crippen MR) is 75.2 cm³/mol. The van der Waals surface area contributed by atoms with Crippen LogP contribution in [0.25, 0.3) is 0 Å². The number of aryl methyl sites for hydroxylation is 1. The van der Waals surface area contributed by atoms with Crippen molar-refractivity contribution in [3.8, 4) is 0 Å². The van der Waals surface area contributed by atoms with Gasteiger partial charge < -0.3 is 11.1 Å². The van der Waals surface area contributed by atoms with Crippen LogP contribution in [0.3, 0.4) is 0 Å². The zero-order chi connectivity index (χ0) is 12.7. The van der Waals surface area contributed by atoms with E-state index in [1.807, 2.05) is 13.0 Å². The molecule has 1 aromatic heterocycles. The molecule has 1 atom stereocenters. The molecular formula is C14H25N3. The van der Waals surface area contributed by atoms with Gasteiger partial charge in [0.1, 0.15) is 5.82 Å². The first-order chi connectivity index (χ1) is 8.17.